The summed E-state index contributed by atoms with van der Waals surface area (Å²) in [4.78, 5) is 11.3. The standard InChI is InChI=1S/C10H7Cl2N3O2/c1-16-8-4-6(2-3-7(8)11)17-10-14-5-13-9(12)15-10/h2-5H,1H3. The van der Waals surface area contributed by atoms with Crippen molar-refractivity contribution in [2.75, 3.05) is 7.11 Å². The van der Waals surface area contributed by atoms with Crippen molar-refractivity contribution in [1.29, 1.82) is 0 Å². The van der Waals surface area contributed by atoms with Crippen LogP contribution in [0.3, 0.4) is 0 Å². The number of rotatable bonds is 3. The summed E-state index contributed by atoms with van der Waals surface area (Å²) in [5, 5.41) is 0.560. The minimum atomic E-state index is 0.0657. The zero-order valence-corrected chi connectivity index (χ0v) is 10.2. The van der Waals surface area contributed by atoms with Gasteiger partial charge in [0.15, 0.2) is 0 Å². The first-order chi connectivity index (χ1) is 8.19. The Labute approximate surface area is 107 Å². The molecular weight excluding hydrogens is 265 g/mol. The summed E-state index contributed by atoms with van der Waals surface area (Å²) in [6.45, 7) is 0. The van der Waals surface area contributed by atoms with E-state index < -0.39 is 0 Å². The van der Waals surface area contributed by atoms with Gasteiger partial charge in [0, 0.05) is 6.07 Å². The summed E-state index contributed by atoms with van der Waals surface area (Å²) >= 11 is 11.5. The van der Waals surface area contributed by atoms with Gasteiger partial charge in [-0.2, -0.15) is 9.97 Å². The van der Waals surface area contributed by atoms with Gasteiger partial charge in [-0.05, 0) is 23.7 Å². The first-order valence-electron chi connectivity index (χ1n) is 4.55. The molecule has 2 aromatic rings. The second-order valence-corrected chi connectivity index (χ2v) is 3.68. The maximum atomic E-state index is 5.88. The van der Waals surface area contributed by atoms with Crippen LogP contribution in [0.5, 0.6) is 17.5 Å². The van der Waals surface area contributed by atoms with Gasteiger partial charge in [0.2, 0.25) is 5.28 Å². The molecule has 0 atom stereocenters. The number of ether oxygens (including phenoxy) is 2. The molecule has 0 aliphatic rings. The lowest BCUT2D eigenvalue weighted by Gasteiger charge is -2.06. The van der Waals surface area contributed by atoms with Crippen molar-refractivity contribution in [1.82, 2.24) is 15.0 Å². The predicted octanol–water partition coefficient (Wildman–Crippen LogP) is 2.98. The van der Waals surface area contributed by atoms with Crippen LogP contribution in [-0.4, -0.2) is 22.1 Å². The van der Waals surface area contributed by atoms with Crippen LogP contribution in [0.2, 0.25) is 10.3 Å². The van der Waals surface area contributed by atoms with Gasteiger partial charge in [0.25, 0.3) is 0 Å². The van der Waals surface area contributed by atoms with Gasteiger partial charge < -0.3 is 9.47 Å². The predicted molar refractivity (Wildman–Crippen MR) is 62.9 cm³/mol. The highest BCUT2D eigenvalue weighted by Gasteiger charge is 2.06. The molecule has 0 spiro atoms. The van der Waals surface area contributed by atoms with E-state index in [9.17, 15) is 0 Å². The molecule has 88 valence electrons. The third kappa shape index (κ3) is 2.95. The van der Waals surface area contributed by atoms with Crippen molar-refractivity contribution in [3.05, 3.63) is 34.8 Å². The SMILES string of the molecule is COc1cc(Oc2ncnc(Cl)n2)ccc1Cl. The van der Waals surface area contributed by atoms with Crippen LogP contribution in [0, 0.1) is 0 Å². The third-order valence-corrected chi connectivity index (χ3v) is 2.35. The van der Waals surface area contributed by atoms with E-state index in [4.69, 9.17) is 32.7 Å². The Hall–Kier alpha value is -1.59. The quantitative estimate of drug-likeness (QED) is 0.859. The second-order valence-electron chi connectivity index (χ2n) is 2.94. The van der Waals surface area contributed by atoms with Crippen LogP contribution >= 0.6 is 23.2 Å². The summed E-state index contributed by atoms with van der Waals surface area (Å²) in [5.74, 6) is 0.998. The van der Waals surface area contributed by atoms with Crippen molar-refractivity contribution in [3.63, 3.8) is 0 Å². The number of hydrogen-bond donors (Lipinski definition) is 0. The Morgan fingerprint density at radius 1 is 1.18 bits per heavy atom. The molecule has 17 heavy (non-hydrogen) atoms. The number of methoxy groups -OCH3 is 1. The number of hydrogen-bond acceptors (Lipinski definition) is 5. The molecule has 0 aliphatic carbocycles. The van der Waals surface area contributed by atoms with E-state index in [1.165, 1.54) is 13.4 Å². The molecule has 0 bridgehead atoms. The molecule has 2 rings (SSSR count). The van der Waals surface area contributed by atoms with Crippen LogP contribution in [0.1, 0.15) is 0 Å². The van der Waals surface area contributed by atoms with E-state index in [1.54, 1.807) is 18.2 Å². The Morgan fingerprint density at radius 3 is 2.71 bits per heavy atom. The molecule has 1 heterocycles. The molecule has 1 aromatic heterocycles. The Bertz CT molecular complexity index is 537. The molecule has 0 aliphatic heterocycles. The minimum Gasteiger partial charge on any atom is -0.495 e. The lowest BCUT2D eigenvalue weighted by molar-refractivity contribution is 0.404. The fourth-order valence-electron chi connectivity index (χ4n) is 1.12. The smallest absolute Gasteiger partial charge is 0.326 e. The number of benzene rings is 1. The maximum Gasteiger partial charge on any atom is 0.326 e. The average molecular weight is 272 g/mol. The van der Waals surface area contributed by atoms with Gasteiger partial charge in [-0.25, -0.2) is 4.98 Å². The van der Waals surface area contributed by atoms with Crippen LogP contribution in [0.15, 0.2) is 24.5 Å². The largest absolute Gasteiger partial charge is 0.495 e. The molecule has 7 heteroatoms. The van der Waals surface area contributed by atoms with Crippen molar-refractivity contribution >= 4 is 23.2 Å². The fraction of sp³-hybridized carbons (Fsp3) is 0.100. The molecular formula is C10H7Cl2N3O2. The molecule has 0 saturated heterocycles. The maximum absolute atomic E-state index is 5.88. The normalized spacial score (nSPS) is 10.1. The minimum absolute atomic E-state index is 0.0657. The zero-order valence-electron chi connectivity index (χ0n) is 8.72. The van der Waals surface area contributed by atoms with E-state index in [0.29, 0.717) is 16.5 Å². The molecule has 0 N–H and O–H groups in total. The van der Waals surface area contributed by atoms with Gasteiger partial charge >= 0.3 is 6.01 Å². The number of halogens is 2. The Morgan fingerprint density at radius 2 is 2.00 bits per heavy atom. The summed E-state index contributed by atoms with van der Waals surface area (Å²) < 4.78 is 10.4. The molecule has 0 fully saturated rings. The third-order valence-electron chi connectivity index (χ3n) is 1.85. The van der Waals surface area contributed by atoms with Crippen molar-refractivity contribution in [2.45, 2.75) is 0 Å². The lowest BCUT2D eigenvalue weighted by Crippen LogP contribution is -1.94. The topological polar surface area (TPSA) is 57.1 Å². The van der Waals surface area contributed by atoms with Gasteiger partial charge in [-0.1, -0.05) is 11.6 Å². The summed E-state index contributed by atoms with van der Waals surface area (Å²) in [5.41, 5.74) is 0. The molecule has 0 saturated carbocycles. The first-order valence-corrected chi connectivity index (χ1v) is 5.30. The molecule has 5 nitrogen and oxygen atoms in total. The number of nitrogens with zero attached hydrogens (tertiary/aromatic N) is 3. The second kappa shape index (κ2) is 5.16. The number of aromatic nitrogens is 3. The van der Waals surface area contributed by atoms with E-state index in [0.717, 1.165) is 0 Å². The highest BCUT2D eigenvalue weighted by molar-refractivity contribution is 6.32. The Kier molecular flexibility index (Phi) is 3.61. The van der Waals surface area contributed by atoms with Crippen LogP contribution in [0.25, 0.3) is 0 Å². The van der Waals surface area contributed by atoms with Crippen molar-refractivity contribution in [3.8, 4) is 17.5 Å². The first kappa shape index (κ1) is 11.9. The average Bonchev–Trinajstić information content (AvgIpc) is 2.32. The summed E-state index contributed by atoms with van der Waals surface area (Å²) in [6.07, 6.45) is 1.26. The molecule has 0 amide bonds. The Balaban J connectivity index is 2.24. The van der Waals surface area contributed by atoms with E-state index in [1.807, 2.05) is 0 Å². The summed E-state index contributed by atoms with van der Waals surface area (Å²) in [6, 6.07) is 5.05. The van der Waals surface area contributed by atoms with E-state index in [2.05, 4.69) is 15.0 Å². The van der Waals surface area contributed by atoms with Crippen molar-refractivity contribution in [2.24, 2.45) is 0 Å². The van der Waals surface area contributed by atoms with Crippen molar-refractivity contribution < 1.29 is 9.47 Å². The molecule has 0 radical (unpaired) electrons. The summed E-state index contributed by atoms with van der Waals surface area (Å²) in [7, 11) is 1.52. The monoisotopic (exact) mass is 271 g/mol. The zero-order chi connectivity index (χ0) is 12.3. The van der Waals surface area contributed by atoms with Crippen LogP contribution in [0.4, 0.5) is 0 Å². The van der Waals surface area contributed by atoms with Crippen LogP contribution in [-0.2, 0) is 0 Å². The highest BCUT2D eigenvalue weighted by Crippen LogP contribution is 2.30. The van der Waals surface area contributed by atoms with Gasteiger partial charge in [0.1, 0.15) is 17.8 Å². The van der Waals surface area contributed by atoms with E-state index in [-0.39, 0.29) is 11.3 Å². The lowest BCUT2D eigenvalue weighted by atomic mass is 10.3. The van der Waals surface area contributed by atoms with Crippen LogP contribution < -0.4 is 9.47 Å². The molecule has 1 aromatic carbocycles. The van der Waals surface area contributed by atoms with Gasteiger partial charge in [-0.15, -0.1) is 0 Å². The fourth-order valence-corrected chi connectivity index (χ4v) is 1.43. The molecule has 0 unspecified atom stereocenters. The van der Waals surface area contributed by atoms with E-state index >= 15 is 0 Å². The highest BCUT2D eigenvalue weighted by atomic mass is 35.5. The van der Waals surface area contributed by atoms with Gasteiger partial charge in [-0.3, -0.25) is 0 Å². The van der Waals surface area contributed by atoms with Gasteiger partial charge in [0.05, 0.1) is 12.1 Å².